The van der Waals surface area contributed by atoms with Crippen LogP contribution in [0.4, 0.5) is 10.5 Å². The molecule has 0 unspecified atom stereocenters. The van der Waals surface area contributed by atoms with Crippen LogP contribution in [0.2, 0.25) is 0 Å². The van der Waals surface area contributed by atoms with Crippen LogP contribution < -0.4 is 9.64 Å². The molecule has 114 valence electrons. The van der Waals surface area contributed by atoms with Crippen molar-refractivity contribution in [3.8, 4) is 5.75 Å². The van der Waals surface area contributed by atoms with E-state index in [1.165, 1.54) is 19.1 Å². The second-order valence-electron chi connectivity index (χ2n) is 5.44. The Morgan fingerprint density at radius 3 is 2.62 bits per heavy atom. The van der Waals surface area contributed by atoms with Crippen LogP contribution in [0, 0.1) is 0 Å². The largest absolute Gasteiger partial charge is 0.485 e. The van der Waals surface area contributed by atoms with E-state index in [2.05, 4.69) is 4.74 Å². The maximum Gasteiger partial charge on any atom is 0.414 e. The lowest BCUT2D eigenvalue weighted by Crippen LogP contribution is -2.36. The Hall–Kier alpha value is -2.24. The summed E-state index contributed by atoms with van der Waals surface area (Å²) in [5, 5.41) is 0. The summed E-state index contributed by atoms with van der Waals surface area (Å²) >= 11 is 0. The highest BCUT2D eigenvalue weighted by atomic mass is 16.5. The predicted octanol–water partition coefficient (Wildman–Crippen LogP) is 2.15. The van der Waals surface area contributed by atoms with Crippen LogP contribution in [-0.4, -0.2) is 38.4 Å². The van der Waals surface area contributed by atoms with Gasteiger partial charge in [0.2, 0.25) is 0 Å². The molecule has 0 radical (unpaired) electrons. The van der Waals surface area contributed by atoms with E-state index in [0.29, 0.717) is 11.4 Å². The van der Waals surface area contributed by atoms with Crippen LogP contribution >= 0.6 is 0 Å². The van der Waals surface area contributed by atoms with Crippen LogP contribution in [0.3, 0.4) is 0 Å². The molecule has 1 aromatic carbocycles. The quantitative estimate of drug-likeness (QED) is 0.799. The molecule has 0 aromatic heterocycles. The van der Waals surface area contributed by atoms with Crippen molar-refractivity contribution >= 4 is 17.7 Å². The van der Waals surface area contributed by atoms with Gasteiger partial charge >= 0.3 is 12.1 Å². The third-order valence-corrected chi connectivity index (χ3v) is 3.27. The van der Waals surface area contributed by atoms with Crippen molar-refractivity contribution in [1.82, 2.24) is 0 Å². The van der Waals surface area contributed by atoms with Crippen molar-refractivity contribution in [3.05, 3.63) is 23.8 Å². The van der Waals surface area contributed by atoms with Gasteiger partial charge in [-0.1, -0.05) is 12.1 Å². The average molecular weight is 293 g/mol. The Kier molecular flexibility index (Phi) is 4.06. The SMILES string of the molecule is COC(=O)CN(C(=O)OC)c1cccc2c1OC(C)(C)C2. The van der Waals surface area contributed by atoms with E-state index in [1.807, 2.05) is 26.0 Å². The lowest BCUT2D eigenvalue weighted by atomic mass is 10.0. The van der Waals surface area contributed by atoms with Gasteiger partial charge in [-0.15, -0.1) is 0 Å². The zero-order valence-electron chi connectivity index (χ0n) is 12.6. The molecule has 6 nitrogen and oxygen atoms in total. The molecule has 1 aliphatic rings. The van der Waals surface area contributed by atoms with Gasteiger partial charge < -0.3 is 14.2 Å². The minimum Gasteiger partial charge on any atom is -0.485 e. The second-order valence-corrected chi connectivity index (χ2v) is 5.44. The number of amides is 1. The highest BCUT2D eigenvalue weighted by Gasteiger charge is 2.34. The average Bonchev–Trinajstić information content (AvgIpc) is 2.77. The van der Waals surface area contributed by atoms with Gasteiger partial charge in [0.15, 0.2) is 0 Å². The smallest absolute Gasteiger partial charge is 0.414 e. The fourth-order valence-corrected chi connectivity index (χ4v) is 2.36. The summed E-state index contributed by atoms with van der Waals surface area (Å²) in [5.41, 5.74) is 1.16. The number of hydrogen-bond acceptors (Lipinski definition) is 5. The zero-order valence-corrected chi connectivity index (χ0v) is 12.6. The van der Waals surface area contributed by atoms with Crippen LogP contribution in [0.5, 0.6) is 5.75 Å². The molecule has 0 saturated carbocycles. The highest BCUT2D eigenvalue weighted by Crippen LogP contribution is 2.42. The summed E-state index contributed by atoms with van der Waals surface area (Å²) in [5.74, 6) is 0.0760. The first-order chi connectivity index (χ1) is 9.88. The number of methoxy groups -OCH3 is 2. The number of carbonyl (C=O) groups is 2. The molecule has 1 aromatic rings. The summed E-state index contributed by atoms with van der Waals surface area (Å²) in [6.45, 7) is 3.71. The van der Waals surface area contributed by atoms with Crippen molar-refractivity contribution in [2.45, 2.75) is 25.9 Å². The van der Waals surface area contributed by atoms with Gasteiger partial charge in [-0.25, -0.2) is 4.79 Å². The third-order valence-electron chi connectivity index (χ3n) is 3.27. The van der Waals surface area contributed by atoms with E-state index < -0.39 is 12.1 Å². The number of nitrogens with zero attached hydrogens (tertiary/aromatic N) is 1. The molecule has 1 aliphatic heterocycles. The molecule has 0 bridgehead atoms. The minimum absolute atomic E-state index is 0.233. The summed E-state index contributed by atoms with van der Waals surface area (Å²) < 4.78 is 15.3. The molecule has 1 heterocycles. The predicted molar refractivity (Wildman–Crippen MR) is 76.6 cm³/mol. The van der Waals surface area contributed by atoms with Crippen molar-refractivity contribution in [2.75, 3.05) is 25.7 Å². The third kappa shape index (κ3) is 3.09. The molecule has 2 rings (SSSR count). The molecule has 6 heteroatoms. The Labute approximate surface area is 123 Å². The number of ether oxygens (including phenoxy) is 3. The van der Waals surface area contributed by atoms with Crippen molar-refractivity contribution in [1.29, 1.82) is 0 Å². The summed E-state index contributed by atoms with van der Waals surface area (Å²) in [6, 6.07) is 5.49. The van der Waals surface area contributed by atoms with Gasteiger partial charge in [0.05, 0.1) is 19.9 Å². The fourth-order valence-electron chi connectivity index (χ4n) is 2.36. The molecule has 0 fully saturated rings. The van der Waals surface area contributed by atoms with Crippen LogP contribution in [0.25, 0.3) is 0 Å². The van der Waals surface area contributed by atoms with Crippen LogP contribution in [0.1, 0.15) is 19.4 Å². The molecule has 0 aliphatic carbocycles. The van der Waals surface area contributed by atoms with E-state index in [9.17, 15) is 9.59 Å². The topological polar surface area (TPSA) is 65.1 Å². The van der Waals surface area contributed by atoms with E-state index in [1.54, 1.807) is 6.07 Å². The Morgan fingerprint density at radius 2 is 2.00 bits per heavy atom. The summed E-state index contributed by atoms with van der Waals surface area (Å²) in [7, 11) is 2.54. The van der Waals surface area contributed by atoms with Crippen molar-refractivity contribution in [2.24, 2.45) is 0 Å². The first-order valence-electron chi connectivity index (χ1n) is 6.61. The first-order valence-corrected chi connectivity index (χ1v) is 6.61. The molecule has 0 N–H and O–H groups in total. The van der Waals surface area contributed by atoms with Gasteiger partial charge in [-0.3, -0.25) is 9.69 Å². The standard InChI is InChI=1S/C15H19NO5/c1-15(2)8-10-6-5-7-11(13(10)21-15)16(14(18)20-4)9-12(17)19-3/h5-7H,8-9H2,1-4H3. The highest BCUT2D eigenvalue weighted by molar-refractivity contribution is 5.95. The van der Waals surface area contributed by atoms with Gasteiger partial charge in [0, 0.05) is 12.0 Å². The van der Waals surface area contributed by atoms with Gasteiger partial charge in [-0.05, 0) is 19.9 Å². The van der Waals surface area contributed by atoms with Gasteiger partial charge in [0.1, 0.15) is 17.9 Å². The van der Waals surface area contributed by atoms with E-state index >= 15 is 0 Å². The van der Waals surface area contributed by atoms with Gasteiger partial charge in [-0.2, -0.15) is 0 Å². The lowest BCUT2D eigenvalue weighted by molar-refractivity contribution is -0.138. The fraction of sp³-hybridized carbons (Fsp3) is 0.467. The number of fused-ring (bicyclic) bond motifs is 1. The number of hydrogen-bond donors (Lipinski definition) is 0. The second kappa shape index (κ2) is 5.63. The number of rotatable bonds is 3. The maximum absolute atomic E-state index is 12.0. The first kappa shape index (κ1) is 15.2. The lowest BCUT2D eigenvalue weighted by Gasteiger charge is -2.23. The van der Waals surface area contributed by atoms with E-state index in [4.69, 9.17) is 9.47 Å². The number of para-hydroxylation sites is 1. The Balaban J connectivity index is 2.41. The Bertz CT molecular complexity index is 567. The minimum atomic E-state index is -0.637. The number of benzene rings is 1. The monoisotopic (exact) mass is 293 g/mol. The van der Waals surface area contributed by atoms with Crippen LogP contribution in [-0.2, 0) is 20.7 Å². The normalized spacial score (nSPS) is 14.9. The summed E-state index contributed by atoms with van der Waals surface area (Å²) in [4.78, 5) is 24.7. The van der Waals surface area contributed by atoms with Crippen LogP contribution in [0.15, 0.2) is 18.2 Å². The van der Waals surface area contributed by atoms with E-state index in [-0.39, 0.29) is 12.1 Å². The number of esters is 1. The van der Waals surface area contributed by atoms with Crippen molar-refractivity contribution < 1.29 is 23.8 Å². The van der Waals surface area contributed by atoms with Gasteiger partial charge in [0.25, 0.3) is 0 Å². The van der Waals surface area contributed by atoms with E-state index in [0.717, 1.165) is 12.0 Å². The molecule has 21 heavy (non-hydrogen) atoms. The van der Waals surface area contributed by atoms with Crippen molar-refractivity contribution in [3.63, 3.8) is 0 Å². The zero-order chi connectivity index (χ0) is 15.6. The molecule has 0 spiro atoms. The molecule has 1 amide bonds. The summed E-state index contributed by atoms with van der Waals surface area (Å²) in [6.07, 6.45) is 0.103. The molecule has 0 saturated heterocycles. The Morgan fingerprint density at radius 1 is 1.29 bits per heavy atom. The molecular weight excluding hydrogens is 274 g/mol. The number of anilines is 1. The molecular formula is C15H19NO5. The number of carbonyl (C=O) groups excluding carboxylic acids is 2. The molecule has 0 atom stereocenters. The maximum atomic E-state index is 12.0.